The van der Waals surface area contributed by atoms with Crippen LogP contribution in [0.4, 0.5) is 0 Å². The van der Waals surface area contributed by atoms with Crippen molar-refractivity contribution in [1.29, 1.82) is 0 Å². The van der Waals surface area contributed by atoms with Crippen LogP contribution in [0.25, 0.3) is 0 Å². The molecule has 1 saturated carbocycles. The SMILES string of the molecule is CCOC1C(N)CC1Oc1ccc(C(C)CC)cc1. The summed E-state index contributed by atoms with van der Waals surface area (Å²) in [7, 11) is 0. The Morgan fingerprint density at radius 2 is 1.95 bits per heavy atom. The minimum atomic E-state index is 0.0410. The first-order valence-electron chi connectivity index (χ1n) is 7.29. The lowest BCUT2D eigenvalue weighted by atomic mass is 9.86. The maximum absolute atomic E-state index is 5.95. The van der Waals surface area contributed by atoms with Gasteiger partial charge in [-0.3, -0.25) is 0 Å². The molecule has 3 heteroatoms. The Hall–Kier alpha value is -1.06. The number of hydrogen-bond donors (Lipinski definition) is 1. The molecule has 0 spiro atoms. The predicted molar refractivity (Wildman–Crippen MR) is 77.6 cm³/mol. The highest BCUT2D eigenvalue weighted by molar-refractivity contribution is 5.29. The van der Waals surface area contributed by atoms with Gasteiger partial charge in [-0.2, -0.15) is 0 Å². The molecule has 0 saturated heterocycles. The molecule has 0 bridgehead atoms. The van der Waals surface area contributed by atoms with Gasteiger partial charge in [-0.25, -0.2) is 0 Å². The Morgan fingerprint density at radius 3 is 2.47 bits per heavy atom. The second-order valence-corrected chi connectivity index (χ2v) is 5.35. The summed E-state index contributed by atoms with van der Waals surface area (Å²) in [5.41, 5.74) is 7.29. The van der Waals surface area contributed by atoms with Crippen LogP contribution >= 0.6 is 0 Å². The zero-order valence-electron chi connectivity index (χ0n) is 12.1. The van der Waals surface area contributed by atoms with Crippen LogP contribution in [0.3, 0.4) is 0 Å². The summed E-state index contributed by atoms with van der Waals surface area (Å²) >= 11 is 0. The highest BCUT2D eigenvalue weighted by Gasteiger charge is 2.41. The lowest BCUT2D eigenvalue weighted by Gasteiger charge is -2.41. The molecule has 0 aromatic heterocycles. The highest BCUT2D eigenvalue weighted by atomic mass is 16.5. The summed E-state index contributed by atoms with van der Waals surface area (Å²) in [6.07, 6.45) is 2.17. The van der Waals surface area contributed by atoms with E-state index in [1.54, 1.807) is 0 Å². The average Bonchev–Trinajstić information content (AvgIpc) is 2.44. The van der Waals surface area contributed by atoms with Gasteiger partial charge in [0.15, 0.2) is 0 Å². The van der Waals surface area contributed by atoms with E-state index in [9.17, 15) is 0 Å². The van der Waals surface area contributed by atoms with E-state index in [0.29, 0.717) is 12.5 Å². The quantitative estimate of drug-likeness (QED) is 0.857. The maximum Gasteiger partial charge on any atom is 0.128 e. The van der Waals surface area contributed by atoms with Crippen LogP contribution in [0.1, 0.15) is 45.1 Å². The molecule has 3 nitrogen and oxygen atoms in total. The minimum absolute atomic E-state index is 0.0410. The lowest BCUT2D eigenvalue weighted by Crippen LogP contribution is -2.59. The normalized spacial score (nSPS) is 27.7. The fourth-order valence-electron chi connectivity index (χ4n) is 2.44. The molecular formula is C16H25NO2. The molecule has 0 amide bonds. The van der Waals surface area contributed by atoms with Crippen LogP contribution < -0.4 is 10.5 Å². The summed E-state index contributed by atoms with van der Waals surface area (Å²) in [5.74, 6) is 1.51. The third-order valence-corrected chi connectivity index (χ3v) is 4.00. The number of nitrogens with two attached hydrogens (primary N) is 1. The Kier molecular flexibility index (Phi) is 4.83. The van der Waals surface area contributed by atoms with E-state index >= 15 is 0 Å². The van der Waals surface area contributed by atoms with Gasteiger partial charge in [-0.05, 0) is 37.0 Å². The van der Waals surface area contributed by atoms with Crippen LogP contribution in [-0.2, 0) is 4.74 Å². The fourth-order valence-corrected chi connectivity index (χ4v) is 2.44. The molecule has 2 rings (SSSR count). The first-order valence-corrected chi connectivity index (χ1v) is 7.29. The van der Waals surface area contributed by atoms with Gasteiger partial charge in [0.2, 0.25) is 0 Å². The number of ether oxygens (including phenoxy) is 2. The number of hydrogen-bond acceptors (Lipinski definition) is 3. The van der Waals surface area contributed by atoms with Gasteiger partial charge in [-0.15, -0.1) is 0 Å². The summed E-state index contributed by atoms with van der Waals surface area (Å²) in [6, 6.07) is 8.52. The zero-order chi connectivity index (χ0) is 13.8. The van der Waals surface area contributed by atoms with Gasteiger partial charge >= 0.3 is 0 Å². The van der Waals surface area contributed by atoms with Crippen molar-refractivity contribution in [3.63, 3.8) is 0 Å². The third kappa shape index (κ3) is 3.28. The zero-order valence-corrected chi connectivity index (χ0v) is 12.1. The largest absolute Gasteiger partial charge is 0.488 e. The topological polar surface area (TPSA) is 44.5 Å². The molecule has 19 heavy (non-hydrogen) atoms. The molecule has 2 N–H and O–H groups in total. The summed E-state index contributed by atoms with van der Waals surface area (Å²) in [6.45, 7) is 7.12. The monoisotopic (exact) mass is 263 g/mol. The third-order valence-electron chi connectivity index (χ3n) is 4.00. The fraction of sp³-hybridized carbons (Fsp3) is 0.625. The molecular weight excluding hydrogens is 238 g/mol. The summed E-state index contributed by atoms with van der Waals surface area (Å²) in [5, 5.41) is 0. The minimum Gasteiger partial charge on any atom is -0.488 e. The van der Waals surface area contributed by atoms with E-state index in [-0.39, 0.29) is 18.2 Å². The Balaban J connectivity index is 1.93. The summed E-state index contributed by atoms with van der Waals surface area (Å²) in [4.78, 5) is 0. The second kappa shape index (κ2) is 6.40. The van der Waals surface area contributed by atoms with E-state index in [2.05, 4.69) is 26.0 Å². The molecule has 4 atom stereocenters. The van der Waals surface area contributed by atoms with Gasteiger partial charge in [0, 0.05) is 19.1 Å². The second-order valence-electron chi connectivity index (χ2n) is 5.35. The molecule has 0 aliphatic heterocycles. The highest BCUT2D eigenvalue weighted by Crippen LogP contribution is 2.29. The first kappa shape index (κ1) is 14.4. The molecule has 4 unspecified atom stereocenters. The van der Waals surface area contributed by atoms with E-state index in [4.69, 9.17) is 15.2 Å². The Labute approximate surface area is 116 Å². The Bertz CT molecular complexity index is 390. The van der Waals surface area contributed by atoms with Gasteiger partial charge in [-0.1, -0.05) is 26.0 Å². The predicted octanol–water partition coefficient (Wildman–Crippen LogP) is 3.08. The van der Waals surface area contributed by atoms with Crippen LogP contribution in [0.15, 0.2) is 24.3 Å². The van der Waals surface area contributed by atoms with Gasteiger partial charge in [0.25, 0.3) is 0 Å². The van der Waals surface area contributed by atoms with Gasteiger partial charge < -0.3 is 15.2 Å². The van der Waals surface area contributed by atoms with Crippen molar-refractivity contribution >= 4 is 0 Å². The molecule has 0 radical (unpaired) electrons. The molecule has 1 fully saturated rings. The van der Waals surface area contributed by atoms with Crippen molar-refractivity contribution in [3.8, 4) is 5.75 Å². The van der Waals surface area contributed by atoms with E-state index in [1.807, 2.05) is 19.1 Å². The van der Waals surface area contributed by atoms with Crippen molar-refractivity contribution in [2.75, 3.05) is 6.61 Å². The number of rotatable bonds is 6. The van der Waals surface area contributed by atoms with Crippen molar-refractivity contribution in [1.82, 2.24) is 0 Å². The van der Waals surface area contributed by atoms with Crippen LogP contribution in [0, 0.1) is 0 Å². The van der Waals surface area contributed by atoms with Crippen molar-refractivity contribution in [2.24, 2.45) is 5.73 Å². The molecule has 1 aliphatic carbocycles. The molecule has 1 aromatic carbocycles. The van der Waals surface area contributed by atoms with E-state index < -0.39 is 0 Å². The van der Waals surface area contributed by atoms with Crippen molar-refractivity contribution in [3.05, 3.63) is 29.8 Å². The van der Waals surface area contributed by atoms with Crippen molar-refractivity contribution in [2.45, 2.75) is 57.8 Å². The standard InChI is InChI=1S/C16H25NO2/c1-4-11(3)12-6-8-13(9-7-12)19-15-10-14(17)16(15)18-5-2/h6-9,11,14-16H,4-5,10,17H2,1-3H3. The molecule has 1 aliphatic rings. The van der Waals surface area contributed by atoms with Gasteiger partial charge in [0.1, 0.15) is 18.0 Å². The van der Waals surface area contributed by atoms with Crippen molar-refractivity contribution < 1.29 is 9.47 Å². The molecule has 1 aromatic rings. The van der Waals surface area contributed by atoms with Crippen LogP contribution in [0.2, 0.25) is 0 Å². The lowest BCUT2D eigenvalue weighted by molar-refractivity contribution is -0.0945. The van der Waals surface area contributed by atoms with Gasteiger partial charge in [0.05, 0.1) is 0 Å². The van der Waals surface area contributed by atoms with E-state index in [0.717, 1.165) is 18.6 Å². The summed E-state index contributed by atoms with van der Waals surface area (Å²) < 4.78 is 11.6. The molecule has 0 heterocycles. The molecule has 106 valence electrons. The maximum atomic E-state index is 5.95. The average molecular weight is 263 g/mol. The van der Waals surface area contributed by atoms with Crippen LogP contribution in [0.5, 0.6) is 5.75 Å². The van der Waals surface area contributed by atoms with E-state index in [1.165, 1.54) is 5.56 Å². The Morgan fingerprint density at radius 1 is 1.26 bits per heavy atom. The van der Waals surface area contributed by atoms with Crippen LogP contribution in [-0.4, -0.2) is 24.9 Å². The number of benzene rings is 1. The smallest absolute Gasteiger partial charge is 0.128 e. The first-order chi connectivity index (χ1) is 9.15.